The van der Waals surface area contributed by atoms with Crippen LogP contribution in [0.4, 0.5) is 5.95 Å². The lowest BCUT2D eigenvalue weighted by atomic mass is 9.85. The number of nitrogens with one attached hydrogen (secondary N) is 1. The fourth-order valence-electron chi connectivity index (χ4n) is 4.44. The highest BCUT2D eigenvalue weighted by atomic mass is 35.5. The van der Waals surface area contributed by atoms with E-state index in [9.17, 15) is 4.79 Å². The van der Waals surface area contributed by atoms with Gasteiger partial charge in [0.15, 0.2) is 17.3 Å². The molecule has 0 amide bonds. The first-order chi connectivity index (χ1) is 17.1. The molecule has 0 radical (unpaired) electrons. The van der Waals surface area contributed by atoms with E-state index in [2.05, 4.69) is 12.2 Å². The molecule has 0 spiro atoms. The van der Waals surface area contributed by atoms with Gasteiger partial charge in [0.1, 0.15) is 12.6 Å². The number of hydrogen-bond acceptors (Lipinski definition) is 7. The number of anilines is 1. The minimum atomic E-state index is -0.371. The number of rotatable bonds is 8. The summed E-state index contributed by atoms with van der Waals surface area (Å²) in [5.41, 5.74) is 3.49. The van der Waals surface area contributed by atoms with Crippen LogP contribution in [-0.4, -0.2) is 33.4 Å². The molecule has 1 N–H and O–H groups in total. The van der Waals surface area contributed by atoms with Crippen molar-refractivity contribution in [2.75, 3.05) is 18.2 Å². The number of nitrogens with zero attached hydrogens (tertiary/aromatic N) is 3. The lowest BCUT2D eigenvalue weighted by Gasteiger charge is -2.32. The fraction of sp³-hybridized carbons (Fsp3) is 0.346. The molecule has 1 aliphatic heterocycles. The molecule has 1 unspecified atom stereocenters. The number of halogens is 1. The van der Waals surface area contributed by atoms with Crippen molar-refractivity contribution in [3.05, 3.63) is 69.9 Å². The molecule has 5 rings (SSSR count). The van der Waals surface area contributed by atoms with Gasteiger partial charge in [-0.2, -0.15) is 4.98 Å². The Morgan fingerprint density at radius 2 is 2.06 bits per heavy atom. The smallest absolute Gasteiger partial charge is 0.227 e. The number of Topliss-reactive ketones (excluding diaryl/α,β-unsaturated/α-hetero) is 1. The molecule has 0 saturated carbocycles. The number of fused-ring (bicyclic) bond motifs is 1. The van der Waals surface area contributed by atoms with Crippen LogP contribution in [0.5, 0.6) is 11.5 Å². The number of benzene rings is 2. The van der Waals surface area contributed by atoms with Crippen LogP contribution in [0, 0.1) is 0 Å². The molecule has 182 valence electrons. The van der Waals surface area contributed by atoms with Crippen molar-refractivity contribution >= 4 is 35.1 Å². The molecule has 2 aromatic carbocycles. The molecule has 1 aromatic heterocycles. The summed E-state index contributed by atoms with van der Waals surface area (Å²) in [7, 11) is 1.61. The van der Waals surface area contributed by atoms with Crippen molar-refractivity contribution in [2.24, 2.45) is 0 Å². The average Bonchev–Trinajstić information content (AvgIpc) is 3.28. The molecular weight excluding hydrogens is 484 g/mol. The maximum atomic E-state index is 13.1. The molecule has 0 bridgehead atoms. The molecule has 1 aliphatic carbocycles. The Hall–Kier alpha value is -2.97. The number of methoxy groups -OCH3 is 1. The quantitative estimate of drug-likeness (QED) is 0.370. The largest absolute Gasteiger partial charge is 0.493 e. The summed E-state index contributed by atoms with van der Waals surface area (Å²) in [6, 6.07) is 13.0. The molecule has 1 atom stereocenters. The first kappa shape index (κ1) is 23.8. The Bertz CT molecular complexity index is 1290. The van der Waals surface area contributed by atoms with E-state index in [0.29, 0.717) is 40.7 Å². The SMILES string of the molecule is CCCSc1nc2n(n1)C(c1ccc(OCc3ccccc3Cl)c(OC)c1)C1=C(CCCC1=O)N2. The van der Waals surface area contributed by atoms with E-state index in [1.54, 1.807) is 18.9 Å². The number of carbonyl (C=O) groups excluding carboxylic acids is 1. The van der Waals surface area contributed by atoms with Gasteiger partial charge in [0.05, 0.1) is 7.11 Å². The van der Waals surface area contributed by atoms with Gasteiger partial charge in [0.2, 0.25) is 11.1 Å². The predicted octanol–water partition coefficient (Wildman–Crippen LogP) is 6.04. The van der Waals surface area contributed by atoms with Crippen LogP contribution in [0.3, 0.4) is 0 Å². The number of aromatic nitrogens is 3. The van der Waals surface area contributed by atoms with Gasteiger partial charge < -0.3 is 14.8 Å². The first-order valence-corrected chi connectivity index (χ1v) is 13.1. The van der Waals surface area contributed by atoms with E-state index in [1.165, 1.54) is 0 Å². The van der Waals surface area contributed by atoms with Gasteiger partial charge in [-0.25, -0.2) is 4.68 Å². The van der Waals surface area contributed by atoms with Crippen LogP contribution in [-0.2, 0) is 11.4 Å². The molecular formula is C26H27ClN4O3S. The first-order valence-electron chi connectivity index (χ1n) is 11.8. The van der Waals surface area contributed by atoms with Crippen LogP contribution < -0.4 is 14.8 Å². The summed E-state index contributed by atoms with van der Waals surface area (Å²) in [6.45, 7) is 2.45. The molecule has 0 fully saturated rings. The predicted molar refractivity (Wildman–Crippen MR) is 137 cm³/mol. The third kappa shape index (κ3) is 4.77. The maximum absolute atomic E-state index is 13.1. The van der Waals surface area contributed by atoms with E-state index in [0.717, 1.165) is 47.4 Å². The minimum absolute atomic E-state index is 0.144. The fourth-order valence-corrected chi connectivity index (χ4v) is 5.32. The van der Waals surface area contributed by atoms with Gasteiger partial charge in [0, 0.05) is 34.0 Å². The monoisotopic (exact) mass is 510 g/mol. The van der Waals surface area contributed by atoms with Crippen molar-refractivity contribution in [2.45, 2.75) is 50.4 Å². The van der Waals surface area contributed by atoms with E-state index in [-0.39, 0.29) is 11.8 Å². The van der Waals surface area contributed by atoms with Crippen LogP contribution >= 0.6 is 23.4 Å². The second kappa shape index (κ2) is 10.3. The zero-order valence-electron chi connectivity index (χ0n) is 19.7. The van der Waals surface area contributed by atoms with Crippen molar-refractivity contribution < 1.29 is 14.3 Å². The highest BCUT2D eigenvalue weighted by Crippen LogP contribution is 2.42. The van der Waals surface area contributed by atoms with Gasteiger partial charge in [0.25, 0.3) is 0 Å². The summed E-state index contributed by atoms with van der Waals surface area (Å²) >= 11 is 7.90. The summed E-state index contributed by atoms with van der Waals surface area (Å²) in [4.78, 5) is 17.8. The standard InChI is InChI=1S/C26H27ClN4O3S/c1-3-13-35-26-29-25-28-19-9-6-10-20(32)23(19)24(31(25)30-26)16-11-12-21(22(14-16)33-2)34-15-17-7-4-5-8-18(17)27/h4-5,7-8,11-12,14,24H,3,6,9-10,13,15H2,1-2H3,(H,28,29,30). The van der Waals surface area contributed by atoms with E-state index in [1.807, 2.05) is 47.1 Å². The normalized spacial score (nSPS) is 17.0. The highest BCUT2D eigenvalue weighted by Gasteiger charge is 2.37. The Balaban J connectivity index is 1.50. The summed E-state index contributed by atoms with van der Waals surface area (Å²) in [6.07, 6.45) is 3.22. The highest BCUT2D eigenvalue weighted by molar-refractivity contribution is 7.99. The maximum Gasteiger partial charge on any atom is 0.227 e. The van der Waals surface area contributed by atoms with Crippen LogP contribution in [0.15, 0.2) is 58.9 Å². The Labute approximate surface area is 213 Å². The molecule has 35 heavy (non-hydrogen) atoms. The topological polar surface area (TPSA) is 78.3 Å². The number of hydrogen-bond donors (Lipinski definition) is 1. The van der Waals surface area contributed by atoms with Crippen LogP contribution in [0.2, 0.25) is 5.02 Å². The summed E-state index contributed by atoms with van der Waals surface area (Å²) < 4.78 is 13.6. The van der Waals surface area contributed by atoms with E-state index < -0.39 is 0 Å². The second-order valence-electron chi connectivity index (χ2n) is 8.50. The second-order valence-corrected chi connectivity index (χ2v) is 9.97. The van der Waals surface area contributed by atoms with E-state index >= 15 is 0 Å². The zero-order valence-corrected chi connectivity index (χ0v) is 21.3. The van der Waals surface area contributed by atoms with Gasteiger partial charge in [-0.1, -0.05) is 54.6 Å². The number of thioether (sulfide) groups is 1. The van der Waals surface area contributed by atoms with Gasteiger partial charge >= 0.3 is 0 Å². The number of allylic oxidation sites excluding steroid dienone is 2. The number of ketones is 1. The van der Waals surface area contributed by atoms with E-state index in [4.69, 9.17) is 31.2 Å². The number of carbonyl (C=O) groups is 1. The van der Waals surface area contributed by atoms with Gasteiger partial charge in [-0.15, -0.1) is 5.10 Å². The molecule has 3 aromatic rings. The summed E-state index contributed by atoms with van der Waals surface area (Å²) in [5, 5.41) is 9.51. The minimum Gasteiger partial charge on any atom is -0.493 e. The summed E-state index contributed by atoms with van der Waals surface area (Å²) in [5.74, 6) is 2.93. The van der Waals surface area contributed by atoms with Crippen molar-refractivity contribution in [3.8, 4) is 11.5 Å². The Kier molecular flexibility index (Phi) is 7.02. The van der Waals surface area contributed by atoms with Crippen molar-refractivity contribution in [1.29, 1.82) is 0 Å². The van der Waals surface area contributed by atoms with Crippen LogP contribution in [0.25, 0.3) is 0 Å². The number of ether oxygens (including phenoxy) is 2. The lowest BCUT2D eigenvalue weighted by molar-refractivity contribution is -0.116. The molecule has 2 aliphatic rings. The molecule has 0 saturated heterocycles. The molecule has 7 nitrogen and oxygen atoms in total. The third-order valence-corrected chi connectivity index (χ3v) is 7.54. The molecule has 9 heteroatoms. The lowest BCUT2D eigenvalue weighted by Crippen LogP contribution is -2.31. The average molecular weight is 511 g/mol. The van der Waals surface area contributed by atoms with Gasteiger partial charge in [-0.3, -0.25) is 4.79 Å². The van der Waals surface area contributed by atoms with Crippen molar-refractivity contribution in [3.63, 3.8) is 0 Å². The van der Waals surface area contributed by atoms with Gasteiger partial charge in [-0.05, 0) is 43.0 Å². The zero-order chi connectivity index (χ0) is 24.4. The molecule has 2 heterocycles. The van der Waals surface area contributed by atoms with Crippen molar-refractivity contribution in [1.82, 2.24) is 14.8 Å². The third-order valence-electron chi connectivity index (χ3n) is 6.13. The van der Waals surface area contributed by atoms with Crippen LogP contribution in [0.1, 0.15) is 49.8 Å². The Morgan fingerprint density at radius 1 is 1.20 bits per heavy atom. The Morgan fingerprint density at radius 3 is 2.86 bits per heavy atom.